The fourth-order valence-electron chi connectivity index (χ4n) is 5.75. The molecular weight excluding hydrogens is 479 g/mol. The van der Waals surface area contributed by atoms with Crippen LogP contribution < -0.4 is 11.1 Å². The smallest absolute Gasteiger partial charge is 0.266 e. The van der Waals surface area contributed by atoms with Gasteiger partial charge in [-0.2, -0.15) is 0 Å². The van der Waals surface area contributed by atoms with Gasteiger partial charge in [-0.3, -0.25) is 0 Å². The Hall–Kier alpha value is -2.29. The molecule has 0 amide bonds. The number of allylic oxidation sites excluding steroid dienone is 1. The summed E-state index contributed by atoms with van der Waals surface area (Å²) in [6, 6.07) is 3.17. The Morgan fingerprint density at radius 1 is 1.27 bits per heavy atom. The topological polar surface area (TPSA) is 72.4 Å². The van der Waals surface area contributed by atoms with Crippen LogP contribution in [0.2, 0.25) is 0 Å². The molecule has 0 spiro atoms. The third kappa shape index (κ3) is 5.08. The van der Waals surface area contributed by atoms with Gasteiger partial charge in [0.2, 0.25) is 0 Å². The van der Waals surface area contributed by atoms with Crippen LogP contribution in [-0.2, 0) is 17.7 Å². The molecule has 37 heavy (non-hydrogen) atoms. The van der Waals surface area contributed by atoms with Gasteiger partial charge in [0.1, 0.15) is 18.1 Å². The monoisotopic (exact) mass is 519 g/mol. The third-order valence-corrected chi connectivity index (χ3v) is 8.33. The summed E-state index contributed by atoms with van der Waals surface area (Å²) in [5.74, 6) is -0.667. The van der Waals surface area contributed by atoms with E-state index in [9.17, 15) is 18.3 Å². The van der Waals surface area contributed by atoms with E-state index in [0.717, 1.165) is 41.4 Å². The molecule has 0 aliphatic carbocycles. The van der Waals surface area contributed by atoms with Crippen LogP contribution in [0.25, 0.3) is 5.70 Å². The van der Waals surface area contributed by atoms with Gasteiger partial charge in [0.15, 0.2) is 0 Å². The van der Waals surface area contributed by atoms with Gasteiger partial charge in [-0.1, -0.05) is 27.7 Å². The zero-order valence-electron chi connectivity index (χ0n) is 22.5. The molecule has 5 unspecified atom stereocenters. The van der Waals surface area contributed by atoms with Crippen LogP contribution in [-0.4, -0.2) is 22.3 Å². The lowest BCUT2D eigenvalue weighted by Crippen LogP contribution is -2.30. The number of aromatic nitrogens is 1. The Morgan fingerprint density at radius 2 is 2.00 bits per heavy atom. The molecule has 1 saturated heterocycles. The van der Waals surface area contributed by atoms with Gasteiger partial charge >= 0.3 is 0 Å². The normalized spacial score (nSPS) is 24.2. The Kier molecular flexibility index (Phi) is 8.41. The van der Waals surface area contributed by atoms with Crippen molar-refractivity contribution in [3.05, 3.63) is 63.2 Å². The second-order valence-corrected chi connectivity index (χ2v) is 10.6. The molecule has 0 saturated carbocycles. The number of nitrogens with two attached hydrogens (primary N) is 1. The van der Waals surface area contributed by atoms with E-state index in [1.807, 2.05) is 26.1 Å². The van der Waals surface area contributed by atoms with Crippen molar-refractivity contribution in [1.29, 1.82) is 0 Å². The maximum atomic E-state index is 14.9. The van der Waals surface area contributed by atoms with E-state index in [-0.39, 0.29) is 23.6 Å². The first-order valence-corrected chi connectivity index (χ1v) is 13.4. The number of aliphatic hydroxyl groups is 1. The molecule has 1 aromatic carbocycles. The Morgan fingerprint density at radius 3 is 2.65 bits per heavy atom. The first-order chi connectivity index (χ1) is 17.6. The molecule has 4 N–H and O–H groups in total. The lowest BCUT2D eigenvalue weighted by Gasteiger charge is -2.29. The standard InChI is InChI=1S/C29H40F3N3O2/c1-6-15(3)25(33)19-9-11-35(26(19)16(4)7-2)23-12-17(5)28(37-23)27(36)20-13-21(29(31)32)24(30)18-8-10-34-14-22(18)20/h9,11,13,16-17,23,27-29,34,36H,6-8,10,12,14,33H2,1-5H3/b25-15-. The second-order valence-electron chi connectivity index (χ2n) is 10.6. The highest BCUT2D eigenvalue weighted by Crippen LogP contribution is 2.44. The molecule has 4 rings (SSSR count). The number of halogens is 3. The number of aliphatic hydroxyl groups excluding tert-OH is 1. The van der Waals surface area contributed by atoms with Crippen LogP contribution in [0.1, 0.15) is 112 Å². The number of nitrogens with one attached hydrogen (secondary N) is 1. The molecule has 0 radical (unpaired) electrons. The zero-order valence-corrected chi connectivity index (χ0v) is 22.5. The van der Waals surface area contributed by atoms with E-state index in [1.54, 1.807) is 0 Å². The van der Waals surface area contributed by atoms with E-state index in [0.29, 0.717) is 37.1 Å². The van der Waals surface area contributed by atoms with Crippen LogP contribution >= 0.6 is 0 Å². The van der Waals surface area contributed by atoms with Crippen molar-refractivity contribution < 1.29 is 23.0 Å². The summed E-state index contributed by atoms with van der Waals surface area (Å²) in [7, 11) is 0. The minimum atomic E-state index is -2.96. The molecule has 0 bridgehead atoms. The SMILES string of the molecule is CC/C(C)=C(\N)c1ccn(C2CC(C)C(C(O)c3cc(C(F)F)c(F)c4c3CNCC4)O2)c1C(C)CC. The fraction of sp³-hybridized carbons (Fsp3) is 0.586. The molecule has 5 nitrogen and oxygen atoms in total. The summed E-state index contributed by atoms with van der Waals surface area (Å²) < 4.78 is 50.8. The fourth-order valence-corrected chi connectivity index (χ4v) is 5.75. The van der Waals surface area contributed by atoms with Crippen LogP contribution in [0.3, 0.4) is 0 Å². The summed E-state index contributed by atoms with van der Waals surface area (Å²) in [6.45, 7) is 11.3. The van der Waals surface area contributed by atoms with Gasteiger partial charge in [-0.25, -0.2) is 13.2 Å². The van der Waals surface area contributed by atoms with Crippen LogP contribution in [0.4, 0.5) is 13.2 Å². The first kappa shape index (κ1) is 27.7. The van der Waals surface area contributed by atoms with Crippen molar-refractivity contribution in [3.8, 4) is 0 Å². The van der Waals surface area contributed by atoms with Crippen LogP contribution in [0.15, 0.2) is 23.9 Å². The highest BCUT2D eigenvalue weighted by molar-refractivity contribution is 5.68. The number of ether oxygens (including phenoxy) is 1. The number of benzene rings is 1. The summed E-state index contributed by atoms with van der Waals surface area (Å²) >= 11 is 0. The molecule has 2 aliphatic heterocycles. The Balaban J connectivity index is 1.70. The van der Waals surface area contributed by atoms with Crippen LogP contribution in [0.5, 0.6) is 0 Å². The molecule has 204 valence electrons. The summed E-state index contributed by atoms with van der Waals surface area (Å²) in [5, 5.41) is 14.7. The highest BCUT2D eigenvalue weighted by Gasteiger charge is 2.41. The predicted molar refractivity (Wildman–Crippen MR) is 140 cm³/mol. The molecular formula is C29H40F3N3O2. The Labute approximate surface area is 217 Å². The molecule has 8 heteroatoms. The number of alkyl halides is 2. The number of hydrogen-bond donors (Lipinski definition) is 3. The number of hydrogen-bond acceptors (Lipinski definition) is 4. The van der Waals surface area contributed by atoms with Crippen molar-refractivity contribution in [2.75, 3.05) is 6.54 Å². The zero-order chi connectivity index (χ0) is 27.0. The second kappa shape index (κ2) is 11.2. The van der Waals surface area contributed by atoms with E-state index >= 15 is 0 Å². The quantitative estimate of drug-likeness (QED) is 0.373. The van der Waals surface area contributed by atoms with Crippen molar-refractivity contribution in [2.24, 2.45) is 11.7 Å². The van der Waals surface area contributed by atoms with Crippen molar-refractivity contribution in [3.63, 3.8) is 0 Å². The van der Waals surface area contributed by atoms with Gasteiger partial charge in [-0.15, -0.1) is 0 Å². The van der Waals surface area contributed by atoms with E-state index in [1.165, 1.54) is 0 Å². The minimum Gasteiger partial charge on any atom is -0.398 e. The predicted octanol–water partition coefficient (Wildman–Crippen LogP) is 6.48. The summed E-state index contributed by atoms with van der Waals surface area (Å²) in [4.78, 5) is 0. The van der Waals surface area contributed by atoms with Gasteiger partial charge < -0.3 is 25.5 Å². The maximum Gasteiger partial charge on any atom is 0.266 e. The van der Waals surface area contributed by atoms with E-state index in [4.69, 9.17) is 10.5 Å². The summed E-state index contributed by atoms with van der Waals surface area (Å²) in [5.41, 5.74) is 11.1. The lowest BCUT2D eigenvalue weighted by molar-refractivity contribution is -0.0699. The number of nitrogens with zero attached hydrogens (tertiary/aromatic N) is 1. The molecule has 2 aliphatic rings. The number of rotatable bonds is 8. The van der Waals surface area contributed by atoms with Gasteiger partial charge in [0.25, 0.3) is 6.43 Å². The minimum absolute atomic E-state index is 0.0480. The molecule has 1 fully saturated rings. The van der Waals surface area contributed by atoms with E-state index < -0.39 is 30.0 Å². The molecule has 1 aromatic heterocycles. The molecule has 2 aromatic rings. The summed E-state index contributed by atoms with van der Waals surface area (Å²) in [6.07, 6.45) is -0.311. The molecule has 5 atom stereocenters. The largest absolute Gasteiger partial charge is 0.398 e. The lowest BCUT2D eigenvalue weighted by atomic mass is 9.86. The molecule has 3 heterocycles. The van der Waals surface area contributed by atoms with Gasteiger partial charge in [-0.05, 0) is 85.4 Å². The number of fused-ring (bicyclic) bond motifs is 1. The van der Waals surface area contributed by atoms with Crippen molar-refractivity contribution >= 4 is 5.70 Å². The first-order valence-electron chi connectivity index (χ1n) is 13.4. The van der Waals surface area contributed by atoms with Crippen molar-refractivity contribution in [2.45, 2.75) is 97.6 Å². The van der Waals surface area contributed by atoms with E-state index in [2.05, 4.69) is 30.7 Å². The average Bonchev–Trinajstić information content (AvgIpc) is 3.50. The Bertz CT molecular complexity index is 1160. The average molecular weight is 520 g/mol. The van der Waals surface area contributed by atoms with Crippen LogP contribution in [0, 0.1) is 11.7 Å². The van der Waals surface area contributed by atoms with Gasteiger partial charge in [0.05, 0.1) is 11.7 Å². The third-order valence-electron chi connectivity index (χ3n) is 8.33. The van der Waals surface area contributed by atoms with Crippen molar-refractivity contribution in [1.82, 2.24) is 9.88 Å². The maximum absolute atomic E-state index is 14.9. The highest BCUT2D eigenvalue weighted by atomic mass is 19.3. The van der Waals surface area contributed by atoms with Gasteiger partial charge in [0, 0.05) is 29.7 Å².